The van der Waals surface area contributed by atoms with Crippen molar-refractivity contribution in [1.29, 1.82) is 0 Å². The number of aliphatic hydroxyl groups is 1. The van der Waals surface area contributed by atoms with E-state index in [0.717, 1.165) is 24.7 Å². The fourth-order valence-electron chi connectivity index (χ4n) is 3.14. The van der Waals surface area contributed by atoms with E-state index in [1.165, 1.54) is 64.2 Å². The molecule has 2 heteroatoms. The van der Waals surface area contributed by atoms with Gasteiger partial charge in [-0.3, -0.25) is 0 Å². The van der Waals surface area contributed by atoms with Crippen LogP contribution in [0.4, 0.5) is 0 Å². The topological polar surface area (TPSA) is 46.2 Å². The van der Waals surface area contributed by atoms with E-state index in [1.54, 1.807) is 0 Å². The molecule has 0 aromatic carbocycles. The van der Waals surface area contributed by atoms with Gasteiger partial charge in [-0.05, 0) is 31.6 Å². The van der Waals surface area contributed by atoms with Crippen LogP contribution in [0.25, 0.3) is 0 Å². The smallest absolute Gasteiger partial charge is 0.0688 e. The highest BCUT2D eigenvalue weighted by Crippen LogP contribution is 2.20. The summed E-state index contributed by atoms with van der Waals surface area (Å²) in [5.41, 5.74) is 5.65. The van der Waals surface area contributed by atoms with E-state index < -0.39 is 0 Å². The molecule has 22 heavy (non-hydrogen) atoms. The van der Waals surface area contributed by atoms with Crippen molar-refractivity contribution in [3.63, 3.8) is 0 Å². The van der Waals surface area contributed by atoms with Crippen molar-refractivity contribution in [2.45, 2.75) is 117 Å². The maximum absolute atomic E-state index is 9.62. The van der Waals surface area contributed by atoms with Crippen LogP contribution in [0.15, 0.2) is 0 Å². The van der Waals surface area contributed by atoms with Gasteiger partial charge in [0.2, 0.25) is 0 Å². The van der Waals surface area contributed by atoms with E-state index in [2.05, 4.69) is 20.8 Å². The van der Waals surface area contributed by atoms with Crippen LogP contribution >= 0.6 is 0 Å². The van der Waals surface area contributed by atoms with Crippen molar-refractivity contribution < 1.29 is 5.11 Å². The van der Waals surface area contributed by atoms with Crippen molar-refractivity contribution in [2.75, 3.05) is 0 Å². The molecule has 0 aliphatic rings. The lowest BCUT2D eigenvalue weighted by molar-refractivity contribution is 0.138. The number of hydrogen-bond donors (Lipinski definition) is 2. The summed E-state index contributed by atoms with van der Waals surface area (Å²) in [6.45, 7) is 8.98. The predicted molar refractivity (Wildman–Crippen MR) is 99.1 cm³/mol. The van der Waals surface area contributed by atoms with E-state index in [0.29, 0.717) is 0 Å². The van der Waals surface area contributed by atoms with Crippen molar-refractivity contribution >= 4 is 0 Å². The zero-order valence-corrected chi connectivity index (χ0v) is 15.8. The number of rotatable bonds is 15. The molecule has 0 bridgehead atoms. The summed E-state index contributed by atoms with van der Waals surface area (Å²) < 4.78 is 0. The van der Waals surface area contributed by atoms with Crippen molar-refractivity contribution in [2.24, 2.45) is 17.6 Å². The normalized spacial score (nSPS) is 17.2. The van der Waals surface area contributed by atoms with E-state index in [4.69, 9.17) is 5.73 Å². The summed E-state index contributed by atoms with van der Waals surface area (Å²) in [6, 6.07) is -0.0808. The fraction of sp³-hybridized carbons (Fsp3) is 1.00. The van der Waals surface area contributed by atoms with Crippen LogP contribution < -0.4 is 5.73 Å². The molecule has 0 saturated heterocycles. The lowest BCUT2D eigenvalue weighted by atomic mass is 9.91. The lowest BCUT2D eigenvalue weighted by Crippen LogP contribution is -2.31. The first-order chi connectivity index (χ1) is 10.5. The Morgan fingerprint density at radius 2 is 1.18 bits per heavy atom. The van der Waals surface area contributed by atoms with Crippen LogP contribution in [0.2, 0.25) is 0 Å². The molecule has 0 amide bonds. The monoisotopic (exact) mass is 313 g/mol. The van der Waals surface area contributed by atoms with Crippen LogP contribution in [0, 0.1) is 11.8 Å². The van der Waals surface area contributed by atoms with Gasteiger partial charge in [-0.1, -0.05) is 85.0 Å². The molecule has 0 saturated carbocycles. The molecule has 3 N–H and O–H groups in total. The largest absolute Gasteiger partial charge is 0.392 e. The van der Waals surface area contributed by atoms with Gasteiger partial charge in [0, 0.05) is 6.04 Å². The Labute approximate surface area is 140 Å². The van der Waals surface area contributed by atoms with Crippen LogP contribution in [0.1, 0.15) is 105 Å². The Hall–Kier alpha value is -0.0800. The van der Waals surface area contributed by atoms with Gasteiger partial charge in [0.05, 0.1) is 6.10 Å². The quantitative estimate of drug-likeness (QED) is 0.383. The highest BCUT2D eigenvalue weighted by atomic mass is 16.3. The third-order valence-electron chi connectivity index (χ3n) is 5.06. The molecule has 0 heterocycles. The first-order valence-corrected chi connectivity index (χ1v) is 9.91. The van der Waals surface area contributed by atoms with E-state index in [9.17, 15) is 5.11 Å². The summed E-state index contributed by atoms with van der Waals surface area (Å²) >= 11 is 0. The zero-order chi connectivity index (χ0) is 16.8. The van der Waals surface area contributed by atoms with Gasteiger partial charge in [-0.25, -0.2) is 0 Å². The molecule has 0 radical (unpaired) electrons. The number of hydrogen-bond acceptors (Lipinski definition) is 2. The predicted octanol–water partition coefficient (Wildman–Crippen LogP) is 5.67. The number of unbranched alkanes of at least 4 members (excludes halogenated alkanes) is 7. The van der Waals surface area contributed by atoms with Crippen molar-refractivity contribution in [1.82, 2.24) is 0 Å². The summed E-state index contributed by atoms with van der Waals surface area (Å²) in [6.07, 6.45) is 15.4. The van der Waals surface area contributed by atoms with Gasteiger partial charge in [0.15, 0.2) is 0 Å². The van der Waals surface area contributed by atoms with Gasteiger partial charge < -0.3 is 10.8 Å². The molecule has 0 spiro atoms. The minimum absolute atomic E-state index is 0.0808. The SMILES string of the molecule is CC[C@@H](C)C[C@@H](C)CCCCCCCCCC[C@@H](O)[C@@H](C)N. The maximum atomic E-state index is 9.62. The summed E-state index contributed by atoms with van der Waals surface area (Å²) in [4.78, 5) is 0. The summed E-state index contributed by atoms with van der Waals surface area (Å²) in [7, 11) is 0. The fourth-order valence-corrected chi connectivity index (χ4v) is 3.14. The Kier molecular flexibility index (Phi) is 14.5. The Morgan fingerprint density at radius 3 is 1.64 bits per heavy atom. The average molecular weight is 314 g/mol. The van der Waals surface area contributed by atoms with Gasteiger partial charge in [-0.2, -0.15) is 0 Å². The van der Waals surface area contributed by atoms with Crippen LogP contribution in [-0.4, -0.2) is 17.3 Å². The number of aliphatic hydroxyl groups excluding tert-OH is 1. The second-order valence-corrected chi connectivity index (χ2v) is 7.69. The van der Waals surface area contributed by atoms with Crippen LogP contribution in [-0.2, 0) is 0 Å². The molecule has 0 aromatic rings. The van der Waals surface area contributed by atoms with Gasteiger partial charge in [0.25, 0.3) is 0 Å². The second kappa shape index (κ2) is 14.5. The Morgan fingerprint density at radius 1 is 0.727 bits per heavy atom. The number of nitrogens with two attached hydrogens (primary N) is 1. The first kappa shape index (κ1) is 21.9. The first-order valence-electron chi connectivity index (χ1n) is 9.91. The molecule has 0 aliphatic carbocycles. The van der Waals surface area contributed by atoms with E-state index in [-0.39, 0.29) is 12.1 Å². The zero-order valence-electron chi connectivity index (χ0n) is 15.8. The molecule has 0 rings (SSSR count). The lowest BCUT2D eigenvalue weighted by Gasteiger charge is -2.15. The van der Waals surface area contributed by atoms with E-state index >= 15 is 0 Å². The minimum atomic E-state index is -0.308. The molecule has 134 valence electrons. The third kappa shape index (κ3) is 13.6. The second-order valence-electron chi connectivity index (χ2n) is 7.69. The third-order valence-corrected chi connectivity index (χ3v) is 5.06. The Bertz CT molecular complexity index is 230. The molecular weight excluding hydrogens is 270 g/mol. The molecule has 0 unspecified atom stereocenters. The maximum Gasteiger partial charge on any atom is 0.0688 e. The standard InChI is InChI=1S/C20H43NO/c1-5-17(2)16-18(3)14-12-10-8-6-7-9-11-13-15-20(22)19(4)21/h17-20,22H,5-16,21H2,1-4H3/t17-,18+,19-,20-/m1/s1. The minimum Gasteiger partial charge on any atom is -0.392 e. The van der Waals surface area contributed by atoms with Crippen LogP contribution in [0.3, 0.4) is 0 Å². The van der Waals surface area contributed by atoms with Crippen molar-refractivity contribution in [3.8, 4) is 0 Å². The van der Waals surface area contributed by atoms with Gasteiger partial charge >= 0.3 is 0 Å². The average Bonchev–Trinajstić information content (AvgIpc) is 2.48. The Balaban J connectivity index is 3.24. The molecule has 4 atom stereocenters. The van der Waals surface area contributed by atoms with Gasteiger partial charge in [0.1, 0.15) is 0 Å². The molecule has 0 aromatic heterocycles. The van der Waals surface area contributed by atoms with Crippen molar-refractivity contribution in [3.05, 3.63) is 0 Å². The molecular formula is C20H43NO. The molecule has 0 fully saturated rings. The highest BCUT2D eigenvalue weighted by molar-refractivity contribution is 4.65. The molecule has 2 nitrogen and oxygen atoms in total. The summed E-state index contributed by atoms with van der Waals surface area (Å²) in [5, 5.41) is 9.62. The van der Waals surface area contributed by atoms with Gasteiger partial charge in [-0.15, -0.1) is 0 Å². The van der Waals surface area contributed by atoms with Crippen LogP contribution in [0.5, 0.6) is 0 Å². The summed E-state index contributed by atoms with van der Waals surface area (Å²) in [5.74, 6) is 1.81. The molecule has 0 aliphatic heterocycles. The highest BCUT2D eigenvalue weighted by Gasteiger charge is 2.08. The van der Waals surface area contributed by atoms with E-state index in [1.807, 2.05) is 6.92 Å².